The second-order valence-electron chi connectivity index (χ2n) is 5.54. The summed E-state index contributed by atoms with van der Waals surface area (Å²) >= 11 is 0. The molecule has 0 radical (unpaired) electrons. The van der Waals surface area contributed by atoms with Crippen LogP contribution in [0.5, 0.6) is 5.75 Å². The molecular formula is C17H16F3NO5S. The lowest BCUT2D eigenvalue weighted by Gasteiger charge is -2.14. The third-order valence-electron chi connectivity index (χ3n) is 3.38. The fourth-order valence-electron chi connectivity index (χ4n) is 2.13. The molecule has 0 heterocycles. The Morgan fingerprint density at radius 3 is 2.30 bits per heavy atom. The fourth-order valence-corrected chi connectivity index (χ4v) is 3.20. The van der Waals surface area contributed by atoms with Crippen LogP contribution in [0.2, 0.25) is 0 Å². The lowest BCUT2D eigenvalue weighted by atomic mass is 10.1. The first-order valence-corrected chi connectivity index (χ1v) is 9.17. The van der Waals surface area contributed by atoms with Crippen LogP contribution in [0.3, 0.4) is 0 Å². The van der Waals surface area contributed by atoms with Crippen molar-refractivity contribution in [3.63, 3.8) is 0 Å². The molecule has 0 aliphatic rings. The Balaban J connectivity index is 2.15. The van der Waals surface area contributed by atoms with Gasteiger partial charge in [0.1, 0.15) is 5.75 Å². The average molecular weight is 403 g/mol. The summed E-state index contributed by atoms with van der Waals surface area (Å²) < 4.78 is 68.7. The van der Waals surface area contributed by atoms with Gasteiger partial charge in [0.25, 0.3) is 10.0 Å². The number of alkyl halides is 3. The maximum absolute atomic E-state index is 12.4. The van der Waals surface area contributed by atoms with Crippen LogP contribution in [0, 0.1) is 0 Å². The van der Waals surface area contributed by atoms with E-state index in [4.69, 9.17) is 5.11 Å². The number of rotatable bonds is 8. The third kappa shape index (κ3) is 6.48. The summed E-state index contributed by atoms with van der Waals surface area (Å²) in [5.74, 6) is -1.22. The van der Waals surface area contributed by atoms with E-state index in [1.165, 1.54) is 48.5 Å². The number of aryl methyl sites for hydroxylation is 1. The molecule has 0 unspecified atom stereocenters. The van der Waals surface area contributed by atoms with E-state index in [0.29, 0.717) is 5.56 Å². The Hall–Kier alpha value is -2.75. The monoisotopic (exact) mass is 403 g/mol. The van der Waals surface area contributed by atoms with Crippen LogP contribution in [0.4, 0.5) is 18.9 Å². The number of ether oxygens (including phenoxy) is 1. The Morgan fingerprint density at radius 2 is 1.70 bits per heavy atom. The van der Waals surface area contributed by atoms with Gasteiger partial charge in [-0.05, 0) is 36.2 Å². The predicted molar refractivity (Wildman–Crippen MR) is 91.2 cm³/mol. The summed E-state index contributed by atoms with van der Waals surface area (Å²) in [4.78, 5) is 10.4. The largest absolute Gasteiger partial charge is 0.482 e. The van der Waals surface area contributed by atoms with Crippen molar-refractivity contribution >= 4 is 21.7 Å². The number of carboxylic acid groups (broad SMARTS) is 1. The van der Waals surface area contributed by atoms with E-state index in [2.05, 4.69) is 9.46 Å². The van der Waals surface area contributed by atoms with Gasteiger partial charge in [-0.2, -0.15) is 13.2 Å². The number of sulfonamides is 1. The number of halogens is 3. The molecule has 0 saturated heterocycles. The molecule has 0 saturated carbocycles. The quantitative estimate of drug-likeness (QED) is 0.704. The molecule has 0 aliphatic carbocycles. The molecule has 0 aliphatic heterocycles. The van der Waals surface area contributed by atoms with Crippen molar-refractivity contribution in [1.82, 2.24) is 0 Å². The van der Waals surface area contributed by atoms with Gasteiger partial charge < -0.3 is 9.84 Å². The Labute approximate surface area is 153 Å². The maximum atomic E-state index is 12.4. The van der Waals surface area contributed by atoms with Crippen LogP contribution < -0.4 is 9.46 Å². The van der Waals surface area contributed by atoms with Crippen molar-refractivity contribution in [2.45, 2.75) is 23.9 Å². The lowest BCUT2D eigenvalue weighted by Crippen LogP contribution is -2.20. The van der Waals surface area contributed by atoms with Crippen LogP contribution >= 0.6 is 0 Å². The molecule has 2 rings (SSSR count). The summed E-state index contributed by atoms with van der Waals surface area (Å²) in [7, 11) is -4.07. The second kappa shape index (κ2) is 8.30. The van der Waals surface area contributed by atoms with Crippen LogP contribution in [0.25, 0.3) is 0 Å². The first-order valence-electron chi connectivity index (χ1n) is 7.69. The number of para-hydroxylation sites is 2. The predicted octanol–water partition coefficient (Wildman–Crippen LogP) is 3.45. The van der Waals surface area contributed by atoms with Crippen LogP contribution in [-0.2, 0) is 21.2 Å². The molecule has 2 aromatic rings. The molecule has 10 heteroatoms. The standard InChI is InChI=1S/C17H16F3NO5S/c18-17(19,20)11-26-15-4-2-1-3-14(15)21-27(24,25)13-8-5-12(6-9-13)7-10-16(22)23/h1-6,8-9,21H,7,10-11H2,(H,22,23). The highest BCUT2D eigenvalue weighted by molar-refractivity contribution is 7.92. The molecule has 0 amide bonds. The van der Waals surface area contributed by atoms with Gasteiger partial charge in [0, 0.05) is 6.42 Å². The lowest BCUT2D eigenvalue weighted by molar-refractivity contribution is -0.153. The number of nitrogens with one attached hydrogen (secondary N) is 1. The Bertz CT molecular complexity index is 896. The Morgan fingerprint density at radius 1 is 1.07 bits per heavy atom. The van der Waals surface area contributed by atoms with E-state index in [0.717, 1.165) is 0 Å². The molecule has 2 N–H and O–H groups in total. The molecule has 0 bridgehead atoms. The van der Waals surface area contributed by atoms with Crippen molar-refractivity contribution in [2.24, 2.45) is 0 Å². The van der Waals surface area contributed by atoms with E-state index in [9.17, 15) is 26.4 Å². The third-order valence-corrected chi connectivity index (χ3v) is 4.77. The molecule has 0 atom stereocenters. The van der Waals surface area contributed by atoms with Crippen molar-refractivity contribution in [1.29, 1.82) is 0 Å². The molecule has 0 fully saturated rings. The zero-order valence-corrected chi connectivity index (χ0v) is 14.7. The minimum atomic E-state index is -4.56. The topological polar surface area (TPSA) is 92.7 Å². The number of aliphatic carboxylic acids is 1. The summed E-state index contributed by atoms with van der Waals surface area (Å²) in [5.41, 5.74) is 0.516. The highest BCUT2D eigenvalue weighted by Crippen LogP contribution is 2.28. The van der Waals surface area contributed by atoms with Gasteiger partial charge in [0.05, 0.1) is 10.6 Å². The minimum absolute atomic E-state index is 0.0890. The van der Waals surface area contributed by atoms with E-state index in [1.54, 1.807) is 0 Å². The van der Waals surface area contributed by atoms with Gasteiger partial charge >= 0.3 is 12.1 Å². The first kappa shape index (κ1) is 20.6. The van der Waals surface area contributed by atoms with E-state index in [-0.39, 0.29) is 29.2 Å². The zero-order valence-electron chi connectivity index (χ0n) is 13.9. The molecular weight excluding hydrogens is 387 g/mol. The number of benzene rings is 2. The highest BCUT2D eigenvalue weighted by Gasteiger charge is 2.29. The van der Waals surface area contributed by atoms with E-state index < -0.39 is 28.8 Å². The van der Waals surface area contributed by atoms with Crippen molar-refractivity contribution in [3.05, 3.63) is 54.1 Å². The van der Waals surface area contributed by atoms with Crippen LogP contribution in [0.15, 0.2) is 53.4 Å². The van der Waals surface area contributed by atoms with Crippen molar-refractivity contribution < 1.29 is 36.2 Å². The smallest absolute Gasteiger partial charge is 0.422 e. The molecule has 2 aromatic carbocycles. The second-order valence-corrected chi connectivity index (χ2v) is 7.23. The molecule has 0 aromatic heterocycles. The molecule has 27 heavy (non-hydrogen) atoms. The van der Waals surface area contributed by atoms with Gasteiger partial charge in [-0.1, -0.05) is 24.3 Å². The first-order chi connectivity index (χ1) is 12.6. The number of hydrogen-bond donors (Lipinski definition) is 2. The van der Waals surface area contributed by atoms with Gasteiger partial charge in [-0.3, -0.25) is 9.52 Å². The molecule has 146 valence electrons. The normalized spacial score (nSPS) is 11.8. The maximum Gasteiger partial charge on any atom is 0.422 e. The van der Waals surface area contributed by atoms with Gasteiger partial charge in [0.2, 0.25) is 0 Å². The summed E-state index contributed by atoms with van der Waals surface area (Å²) in [6.45, 7) is -1.55. The highest BCUT2D eigenvalue weighted by atomic mass is 32.2. The van der Waals surface area contributed by atoms with Gasteiger partial charge in [-0.25, -0.2) is 8.42 Å². The summed E-state index contributed by atoms with van der Waals surface area (Å²) in [6, 6.07) is 10.9. The van der Waals surface area contributed by atoms with Crippen molar-refractivity contribution in [3.8, 4) is 5.75 Å². The molecule has 0 spiro atoms. The number of hydrogen-bond acceptors (Lipinski definition) is 4. The SMILES string of the molecule is O=C(O)CCc1ccc(S(=O)(=O)Nc2ccccc2OCC(F)(F)F)cc1. The number of carboxylic acids is 1. The van der Waals surface area contributed by atoms with Crippen molar-refractivity contribution in [2.75, 3.05) is 11.3 Å². The molecule has 6 nitrogen and oxygen atoms in total. The number of anilines is 1. The van der Waals surface area contributed by atoms with Gasteiger partial charge in [-0.15, -0.1) is 0 Å². The van der Waals surface area contributed by atoms with Gasteiger partial charge in [0.15, 0.2) is 6.61 Å². The summed E-state index contributed by atoms with van der Waals surface area (Å²) in [6.07, 6.45) is -4.40. The van der Waals surface area contributed by atoms with E-state index in [1.807, 2.05) is 0 Å². The summed E-state index contributed by atoms with van der Waals surface area (Å²) in [5, 5.41) is 8.65. The van der Waals surface area contributed by atoms with Crippen LogP contribution in [0.1, 0.15) is 12.0 Å². The van der Waals surface area contributed by atoms with E-state index >= 15 is 0 Å². The van der Waals surface area contributed by atoms with Crippen LogP contribution in [-0.4, -0.2) is 32.3 Å². The zero-order chi connectivity index (χ0) is 20.1. The minimum Gasteiger partial charge on any atom is -0.482 e. The Kier molecular flexibility index (Phi) is 6.32. The number of carbonyl (C=O) groups is 1. The fraction of sp³-hybridized carbons (Fsp3) is 0.235. The average Bonchev–Trinajstić information content (AvgIpc) is 2.58.